The Bertz CT molecular complexity index is 959. The van der Waals surface area contributed by atoms with Crippen LogP contribution in [0.2, 0.25) is 0 Å². The summed E-state index contributed by atoms with van der Waals surface area (Å²) in [7, 11) is -3.76. The van der Waals surface area contributed by atoms with Gasteiger partial charge in [0.15, 0.2) is 0 Å². The standard InChI is InChI=1S/C23H30O4S/c1-22(2,3)16-11-12-19(27-15-17-14-26-17)21(13-16)28(24,25)20-10-8-7-9-18(20)23(4,5)6/h7-13,17H,14-15H2,1-6H3. The molecule has 0 aliphatic carbocycles. The number of epoxide rings is 1. The third-order valence-corrected chi connectivity index (χ3v) is 6.74. The van der Waals surface area contributed by atoms with Gasteiger partial charge >= 0.3 is 0 Å². The lowest BCUT2D eigenvalue weighted by Gasteiger charge is -2.24. The maximum atomic E-state index is 13.8. The van der Waals surface area contributed by atoms with Crippen molar-refractivity contribution in [3.05, 3.63) is 53.6 Å². The molecule has 0 spiro atoms. The number of hydrogen-bond acceptors (Lipinski definition) is 4. The Balaban J connectivity index is 2.16. The van der Waals surface area contributed by atoms with Crippen LogP contribution < -0.4 is 4.74 Å². The molecule has 28 heavy (non-hydrogen) atoms. The first-order chi connectivity index (χ1) is 12.9. The Hall–Kier alpha value is -1.85. The van der Waals surface area contributed by atoms with Crippen LogP contribution in [0.5, 0.6) is 5.75 Å². The fraction of sp³-hybridized carbons (Fsp3) is 0.478. The topological polar surface area (TPSA) is 55.9 Å². The molecule has 2 aromatic carbocycles. The van der Waals surface area contributed by atoms with Crippen molar-refractivity contribution < 1.29 is 17.9 Å². The largest absolute Gasteiger partial charge is 0.489 e. The van der Waals surface area contributed by atoms with Crippen LogP contribution in [0.15, 0.2) is 52.3 Å². The van der Waals surface area contributed by atoms with E-state index in [4.69, 9.17) is 9.47 Å². The average Bonchev–Trinajstić information content (AvgIpc) is 3.42. The Morgan fingerprint density at radius 2 is 1.61 bits per heavy atom. The first-order valence-corrected chi connectivity index (χ1v) is 11.1. The van der Waals surface area contributed by atoms with Gasteiger partial charge in [-0.1, -0.05) is 65.8 Å². The van der Waals surface area contributed by atoms with Crippen molar-refractivity contribution in [2.24, 2.45) is 0 Å². The number of benzene rings is 2. The van der Waals surface area contributed by atoms with E-state index < -0.39 is 9.84 Å². The molecule has 0 bridgehead atoms. The molecule has 1 atom stereocenters. The maximum absolute atomic E-state index is 13.8. The van der Waals surface area contributed by atoms with Gasteiger partial charge in [0, 0.05) is 0 Å². The third kappa shape index (κ3) is 4.41. The predicted molar refractivity (Wildman–Crippen MR) is 111 cm³/mol. The number of rotatable bonds is 5. The monoisotopic (exact) mass is 402 g/mol. The van der Waals surface area contributed by atoms with Gasteiger partial charge < -0.3 is 9.47 Å². The fourth-order valence-corrected chi connectivity index (χ4v) is 4.92. The molecule has 5 heteroatoms. The van der Waals surface area contributed by atoms with Crippen LogP contribution >= 0.6 is 0 Å². The van der Waals surface area contributed by atoms with Crippen LogP contribution in [0.4, 0.5) is 0 Å². The molecule has 1 unspecified atom stereocenters. The molecule has 1 fully saturated rings. The van der Waals surface area contributed by atoms with Crippen LogP contribution in [0.1, 0.15) is 52.7 Å². The Labute approximate surface area is 168 Å². The van der Waals surface area contributed by atoms with Crippen molar-refractivity contribution in [1.29, 1.82) is 0 Å². The van der Waals surface area contributed by atoms with Crippen LogP contribution in [0.25, 0.3) is 0 Å². The minimum Gasteiger partial charge on any atom is -0.489 e. The molecular weight excluding hydrogens is 372 g/mol. The van der Waals surface area contributed by atoms with Gasteiger partial charge in [0.25, 0.3) is 0 Å². The zero-order valence-electron chi connectivity index (χ0n) is 17.6. The Morgan fingerprint density at radius 1 is 0.964 bits per heavy atom. The maximum Gasteiger partial charge on any atom is 0.210 e. The van der Waals surface area contributed by atoms with Crippen molar-refractivity contribution in [2.45, 2.75) is 68.3 Å². The van der Waals surface area contributed by atoms with Gasteiger partial charge in [0.05, 0.1) is 11.5 Å². The summed E-state index contributed by atoms with van der Waals surface area (Å²) in [4.78, 5) is 0.554. The molecule has 1 aliphatic rings. The predicted octanol–water partition coefficient (Wildman–Crippen LogP) is 4.89. The molecule has 0 aromatic heterocycles. The summed E-state index contributed by atoms with van der Waals surface area (Å²) in [5, 5.41) is 0. The molecule has 0 saturated carbocycles. The zero-order chi connectivity index (χ0) is 20.7. The molecule has 3 rings (SSSR count). The second-order valence-corrected chi connectivity index (χ2v) is 11.3. The molecule has 4 nitrogen and oxygen atoms in total. The Kier molecular flexibility index (Phi) is 5.36. The van der Waals surface area contributed by atoms with E-state index in [-0.39, 0.29) is 21.8 Å². The molecule has 1 heterocycles. The molecule has 0 amide bonds. The fourth-order valence-electron chi connectivity index (χ4n) is 3.09. The summed E-state index contributed by atoms with van der Waals surface area (Å²) in [6.45, 7) is 13.3. The van der Waals surface area contributed by atoms with Crippen LogP contribution in [-0.4, -0.2) is 27.7 Å². The van der Waals surface area contributed by atoms with Crippen molar-refractivity contribution in [3.63, 3.8) is 0 Å². The van der Waals surface area contributed by atoms with Crippen molar-refractivity contribution in [1.82, 2.24) is 0 Å². The number of sulfone groups is 1. The normalized spacial score (nSPS) is 17.4. The lowest BCUT2D eigenvalue weighted by molar-refractivity contribution is 0.257. The van der Waals surface area contributed by atoms with Crippen LogP contribution in [0, 0.1) is 0 Å². The highest BCUT2D eigenvalue weighted by Gasteiger charge is 2.31. The average molecular weight is 403 g/mol. The number of ether oxygens (including phenoxy) is 2. The van der Waals surface area contributed by atoms with Gasteiger partial charge in [0.1, 0.15) is 23.4 Å². The van der Waals surface area contributed by atoms with Crippen molar-refractivity contribution in [3.8, 4) is 5.75 Å². The van der Waals surface area contributed by atoms with E-state index in [1.54, 1.807) is 24.3 Å². The van der Waals surface area contributed by atoms with E-state index in [0.717, 1.165) is 11.1 Å². The van der Waals surface area contributed by atoms with Crippen LogP contribution in [-0.2, 0) is 25.4 Å². The molecule has 152 valence electrons. The van der Waals surface area contributed by atoms with Gasteiger partial charge in [0.2, 0.25) is 9.84 Å². The highest BCUT2D eigenvalue weighted by atomic mass is 32.2. The number of hydrogen-bond donors (Lipinski definition) is 0. The first kappa shape index (κ1) is 20.9. The Morgan fingerprint density at radius 3 is 2.18 bits per heavy atom. The summed E-state index contributed by atoms with van der Waals surface area (Å²) < 4.78 is 38.6. The first-order valence-electron chi connectivity index (χ1n) is 9.64. The van der Waals surface area contributed by atoms with E-state index in [0.29, 0.717) is 23.9 Å². The van der Waals surface area contributed by atoms with Crippen LogP contribution in [0.3, 0.4) is 0 Å². The smallest absolute Gasteiger partial charge is 0.210 e. The third-order valence-electron chi connectivity index (χ3n) is 4.91. The lowest BCUT2D eigenvalue weighted by atomic mass is 9.87. The van der Waals surface area contributed by atoms with E-state index in [9.17, 15) is 8.42 Å². The summed E-state index contributed by atoms with van der Waals surface area (Å²) in [6, 6.07) is 12.7. The van der Waals surface area contributed by atoms with Crippen molar-refractivity contribution in [2.75, 3.05) is 13.2 Å². The minimum absolute atomic E-state index is 0.0553. The second-order valence-electron chi connectivity index (χ2n) is 9.43. The van der Waals surface area contributed by atoms with E-state index in [2.05, 4.69) is 20.8 Å². The molecule has 1 saturated heterocycles. The zero-order valence-corrected chi connectivity index (χ0v) is 18.4. The van der Waals surface area contributed by atoms with Crippen molar-refractivity contribution >= 4 is 9.84 Å². The molecule has 0 radical (unpaired) electrons. The highest BCUT2D eigenvalue weighted by molar-refractivity contribution is 7.91. The SMILES string of the molecule is CC(C)(C)c1ccc(OCC2CO2)c(S(=O)(=O)c2ccccc2C(C)(C)C)c1. The highest BCUT2D eigenvalue weighted by Crippen LogP contribution is 2.38. The van der Waals surface area contributed by atoms with Gasteiger partial charge in [-0.3, -0.25) is 0 Å². The summed E-state index contributed by atoms with van der Waals surface area (Å²) in [6.07, 6.45) is 0.0553. The van der Waals surface area contributed by atoms with E-state index >= 15 is 0 Å². The summed E-state index contributed by atoms with van der Waals surface area (Å²) in [5.74, 6) is 0.382. The molecule has 2 aromatic rings. The minimum atomic E-state index is -3.76. The lowest BCUT2D eigenvalue weighted by Crippen LogP contribution is -2.19. The van der Waals surface area contributed by atoms with Gasteiger partial charge in [-0.25, -0.2) is 8.42 Å². The molecule has 0 N–H and O–H groups in total. The quantitative estimate of drug-likeness (QED) is 0.668. The molecular formula is C23H30O4S. The van der Waals surface area contributed by atoms with Gasteiger partial charge in [-0.05, 0) is 40.2 Å². The van der Waals surface area contributed by atoms with Gasteiger partial charge in [-0.15, -0.1) is 0 Å². The summed E-state index contributed by atoms with van der Waals surface area (Å²) >= 11 is 0. The van der Waals surface area contributed by atoms with E-state index in [1.165, 1.54) is 0 Å². The summed E-state index contributed by atoms with van der Waals surface area (Å²) in [5.41, 5.74) is 1.28. The van der Waals surface area contributed by atoms with Gasteiger partial charge in [-0.2, -0.15) is 0 Å². The molecule has 1 aliphatic heterocycles. The van der Waals surface area contributed by atoms with E-state index in [1.807, 2.05) is 39.0 Å². The second kappa shape index (κ2) is 7.20.